The van der Waals surface area contributed by atoms with Crippen molar-refractivity contribution in [2.45, 2.75) is 17.8 Å². The minimum Gasteiger partial charge on any atom is -0.335 e. The molecule has 0 saturated heterocycles. The molecular formula is C17H16N6S3. The first kappa shape index (κ1) is 17.1. The van der Waals surface area contributed by atoms with Crippen molar-refractivity contribution < 1.29 is 0 Å². The number of nitrogen functional groups attached to an aromatic ring is 1. The number of rotatable bonds is 6. The van der Waals surface area contributed by atoms with Crippen molar-refractivity contribution >= 4 is 45.3 Å². The number of aryl methyl sites for hydroxylation is 1. The Morgan fingerprint density at radius 3 is 2.77 bits per heavy atom. The number of thiophene rings is 1. The molecule has 0 bridgehead atoms. The van der Waals surface area contributed by atoms with Gasteiger partial charge in [-0.1, -0.05) is 35.5 Å². The largest absolute Gasteiger partial charge is 0.335 e. The summed E-state index contributed by atoms with van der Waals surface area (Å²) in [7, 11) is 0. The zero-order valence-corrected chi connectivity index (χ0v) is 16.4. The highest BCUT2D eigenvalue weighted by Crippen LogP contribution is 2.28. The van der Waals surface area contributed by atoms with Crippen molar-refractivity contribution in [2.24, 2.45) is 0 Å². The highest BCUT2D eigenvalue weighted by Gasteiger charge is 2.13. The van der Waals surface area contributed by atoms with E-state index in [1.165, 1.54) is 22.0 Å². The zero-order chi connectivity index (χ0) is 17.9. The van der Waals surface area contributed by atoms with Crippen LogP contribution in [-0.2, 0) is 5.75 Å². The highest BCUT2D eigenvalue weighted by atomic mass is 32.2. The fraction of sp³-hybridized carbons (Fsp3) is 0.118. The van der Waals surface area contributed by atoms with Crippen LogP contribution in [0.25, 0.3) is 10.7 Å². The van der Waals surface area contributed by atoms with Crippen LogP contribution in [0, 0.1) is 6.92 Å². The smallest absolute Gasteiger partial charge is 0.210 e. The Labute approximate surface area is 163 Å². The predicted octanol–water partition coefficient (Wildman–Crippen LogP) is 4.52. The Kier molecular flexibility index (Phi) is 4.91. The molecular weight excluding hydrogens is 384 g/mol. The standard InChI is InChI=1S/C17H16N6S3/c1-11-4-6-12(7-5-11)19-16-20-13(9-25-16)10-26-17-22-21-15(23(17)18)14-3-2-8-24-14/h2-9H,10,18H2,1H3,(H,19,20). The lowest BCUT2D eigenvalue weighted by molar-refractivity contribution is 0.850. The molecule has 9 heteroatoms. The van der Waals surface area contributed by atoms with E-state index < -0.39 is 0 Å². The topological polar surface area (TPSA) is 81.7 Å². The van der Waals surface area contributed by atoms with Gasteiger partial charge in [0.1, 0.15) is 0 Å². The maximum absolute atomic E-state index is 6.13. The molecule has 0 fully saturated rings. The van der Waals surface area contributed by atoms with Crippen LogP contribution < -0.4 is 11.2 Å². The van der Waals surface area contributed by atoms with Gasteiger partial charge >= 0.3 is 0 Å². The third-order valence-electron chi connectivity index (χ3n) is 3.61. The van der Waals surface area contributed by atoms with Gasteiger partial charge in [0.05, 0.1) is 10.6 Å². The summed E-state index contributed by atoms with van der Waals surface area (Å²) in [5, 5.41) is 17.3. The first-order chi connectivity index (χ1) is 12.7. The summed E-state index contributed by atoms with van der Waals surface area (Å²) in [5.74, 6) is 7.49. The van der Waals surface area contributed by atoms with E-state index in [0.29, 0.717) is 16.7 Å². The van der Waals surface area contributed by atoms with Crippen molar-refractivity contribution in [1.82, 2.24) is 19.9 Å². The highest BCUT2D eigenvalue weighted by molar-refractivity contribution is 7.98. The van der Waals surface area contributed by atoms with E-state index in [1.807, 2.05) is 35.0 Å². The van der Waals surface area contributed by atoms with Crippen LogP contribution in [0.1, 0.15) is 11.3 Å². The van der Waals surface area contributed by atoms with Crippen molar-refractivity contribution in [1.29, 1.82) is 0 Å². The van der Waals surface area contributed by atoms with Crippen molar-refractivity contribution in [2.75, 3.05) is 11.2 Å². The summed E-state index contributed by atoms with van der Waals surface area (Å²) >= 11 is 4.70. The van der Waals surface area contributed by atoms with Gasteiger partial charge in [0.15, 0.2) is 11.0 Å². The van der Waals surface area contributed by atoms with Crippen LogP contribution in [-0.4, -0.2) is 19.9 Å². The zero-order valence-electron chi connectivity index (χ0n) is 13.9. The number of hydrogen-bond acceptors (Lipinski definition) is 8. The second-order valence-corrected chi connectivity index (χ2v) is 8.33. The number of nitrogens with zero attached hydrogens (tertiary/aromatic N) is 4. The summed E-state index contributed by atoms with van der Waals surface area (Å²) in [4.78, 5) is 5.62. The Bertz CT molecular complexity index is 988. The van der Waals surface area contributed by atoms with Gasteiger partial charge in [0, 0.05) is 16.8 Å². The lowest BCUT2D eigenvalue weighted by Crippen LogP contribution is -2.11. The van der Waals surface area contributed by atoms with Crippen molar-refractivity contribution in [3.63, 3.8) is 0 Å². The number of nitrogens with two attached hydrogens (primary N) is 1. The average molecular weight is 401 g/mol. The third kappa shape index (κ3) is 3.74. The molecule has 1 aromatic carbocycles. The van der Waals surface area contributed by atoms with E-state index in [9.17, 15) is 0 Å². The Balaban J connectivity index is 1.40. The van der Waals surface area contributed by atoms with E-state index in [2.05, 4.69) is 39.6 Å². The predicted molar refractivity (Wildman–Crippen MR) is 110 cm³/mol. The molecule has 6 nitrogen and oxygen atoms in total. The fourth-order valence-corrected chi connectivity index (χ4v) is 4.57. The molecule has 3 aromatic heterocycles. The molecule has 4 rings (SSSR count). The Morgan fingerprint density at radius 1 is 1.15 bits per heavy atom. The summed E-state index contributed by atoms with van der Waals surface area (Å²) in [6, 6.07) is 12.2. The number of aromatic nitrogens is 4. The van der Waals surface area contributed by atoms with Gasteiger partial charge in [-0.25, -0.2) is 9.66 Å². The van der Waals surface area contributed by atoms with Crippen LogP contribution in [0.3, 0.4) is 0 Å². The van der Waals surface area contributed by atoms with Crippen LogP contribution in [0.4, 0.5) is 10.8 Å². The first-order valence-corrected chi connectivity index (χ1v) is 10.6. The lowest BCUT2D eigenvalue weighted by atomic mass is 10.2. The maximum Gasteiger partial charge on any atom is 0.210 e. The molecule has 0 saturated carbocycles. The molecule has 4 aromatic rings. The summed E-state index contributed by atoms with van der Waals surface area (Å²) in [6.45, 7) is 2.07. The second kappa shape index (κ2) is 7.48. The number of nitrogens with one attached hydrogen (secondary N) is 1. The molecule has 0 atom stereocenters. The van der Waals surface area contributed by atoms with E-state index in [0.717, 1.165) is 21.4 Å². The SMILES string of the molecule is Cc1ccc(Nc2nc(CSc3nnc(-c4cccs4)n3N)cs2)cc1. The van der Waals surface area contributed by atoms with E-state index in [-0.39, 0.29) is 0 Å². The van der Waals surface area contributed by atoms with E-state index in [1.54, 1.807) is 22.7 Å². The van der Waals surface area contributed by atoms with Gasteiger partial charge in [-0.15, -0.1) is 32.9 Å². The number of thiazole rings is 1. The molecule has 3 N–H and O–H groups in total. The van der Waals surface area contributed by atoms with Crippen molar-refractivity contribution in [3.8, 4) is 10.7 Å². The van der Waals surface area contributed by atoms with Gasteiger partial charge in [-0.05, 0) is 30.5 Å². The summed E-state index contributed by atoms with van der Waals surface area (Å²) < 4.78 is 1.54. The van der Waals surface area contributed by atoms with Gasteiger partial charge < -0.3 is 11.2 Å². The number of thioether (sulfide) groups is 1. The molecule has 0 spiro atoms. The van der Waals surface area contributed by atoms with Crippen LogP contribution in [0.15, 0.2) is 52.3 Å². The van der Waals surface area contributed by atoms with Gasteiger partial charge in [0.25, 0.3) is 0 Å². The molecule has 132 valence electrons. The molecule has 0 aliphatic rings. The Morgan fingerprint density at radius 2 is 2.00 bits per heavy atom. The molecule has 3 heterocycles. The molecule has 0 amide bonds. The second-order valence-electron chi connectivity index (χ2n) is 5.58. The summed E-state index contributed by atoms with van der Waals surface area (Å²) in [6.07, 6.45) is 0. The number of anilines is 2. The molecule has 26 heavy (non-hydrogen) atoms. The Hall–Kier alpha value is -2.36. The quantitative estimate of drug-likeness (QED) is 0.366. The van der Waals surface area contributed by atoms with Crippen LogP contribution in [0.5, 0.6) is 0 Å². The van der Waals surface area contributed by atoms with Gasteiger partial charge in [-0.2, -0.15) is 0 Å². The van der Waals surface area contributed by atoms with Crippen LogP contribution >= 0.6 is 34.4 Å². The maximum atomic E-state index is 6.13. The molecule has 0 radical (unpaired) electrons. The fourth-order valence-electron chi connectivity index (χ4n) is 2.28. The van der Waals surface area contributed by atoms with E-state index in [4.69, 9.17) is 5.84 Å². The van der Waals surface area contributed by atoms with Gasteiger partial charge in [0.2, 0.25) is 5.16 Å². The minimum atomic E-state index is 0.675. The molecule has 0 unspecified atom stereocenters. The number of hydrogen-bond donors (Lipinski definition) is 2. The lowest BCUT2D eigenvalue weighted by Gasteiger charge is -2.02. The number of benzene rings is 1. The third-order valence-corrected chi connectivity index (χ3v) is 6.26. The van der Waals surface area contributed by atoms with E-state index >= 15 is 0 Å². The van der Waals surface area contributed by atoms with Crippen molar-refractivity contribution in [3.05, 3.63) is 58.4 Å². The first-order valence-electron chi connectivity index (χ1n) is 7.84. The van der Waals surface area contributed by atoms with Crippen LogP contribution in [0.2, 0.25) is 0 Å². The average Bonchev–Trinajstić information content (AvgIpc) is 3.37. The normalized spacial score (nSPS) is 11.0. The molecule has 0 aliphatic carbocycles. The molecule has 0 aliphatic heterocycles. The minimum absolute atomic E-state index is 0.675. The summed E-state index contributed by atoms with van der Waals surface area (Å²) in [5.41, 5.74) is 3.25. The van der Waals surface area contributed by atoms with Gasteiger partial charge in [-0.3, -0.25) is 0 Å². The monoisotopic (exact) mass is 400 g/mol.